The first-order valence-corrected chi connectivity index (χ1v) is 7.25. The molecular weight excluding hydrogens is 250 g/mol. The zero-order valence-corrected chi connectivity index (χ0v) is 12.1. The van der Waals surface area contributed by atoms with E-state index in [0.717, 1.165) is 18.0 Å². The molecule has 3 heteroatoms. The summed E-state index contributed by atoms with van der Waals surface area (Å²) in [6, 6.07) is 6.55. The number of nitrogens with one attached hydrogen (secondary N) is 1. The van der Waals surface area contributed by atoms with Crippen molar-refractivity contribution >= 4 is 33.0 Å². The van der Waals surface area contributed by atoms with E-state index in [1.165, 1.54) is 20.5 Å². The van der Waals surface area contributed by atoms with Gasteiger partial charge < -0.3 is 5.32 Å². The summed E-state index contributed by atoms with van der Waals surface area (Å²) in [5.74, 6) is 0. The van der Waals surface area contributed by atoms with Crippen LogP contribution in [-0.4, -0.2) is 6.54 Å². The van der Waals surface area contributed by atoms with Gasteiger partial charge in [-0.15, -0.1) is 11.3 Å². The number of hydrogen-bond donors (Lipinski definition) is 1. The first kappa shape index (κ1) is 12.9. The van der Waals surface area contributed by atoms with Gasteiger partial charge in [0.2, 0.25) is 0 Å². The Labute approximate surface area is 112 Å². The third kappa shape index (κ3) is 2.49. The number of halogens is 1. The largest absolute Gasteiger partial charge is 0.309 e. The average molecular weight is 268 g/mol. The zero-order valence-electron chi connectivity index (χ0n) is 10.5. The first-order chi connectivity index (χ1) is 8.15. The van der Waals surface area contributed by atoms with Gasteiger partial charge in [-0.3, -0.25) is 0 Å². The Hall–Kier alpha value is -0.570. The number of thiophene rings is 1. The van der Waals surface area contributed by atoms with Crippen LogP contribution in [0, 0.1) is 6.92 Å². The Bertz CT molecular complexity index is 518. The van der Waals surface area contributed by atoms with E-state index < -0.39 is 0 Å². The van der Waals surface area contributed by atoms with E-state index >= 15 is 0 Å². The van der Waals surface area contributed by atoms with E-state index in [9.17, 15) is 0 Å². The molecule has 1 nitrogen and oxygen atoms in total. The molecule has 0 fully saturated rings. The molecule has 1 unspecified atom stereocenters. The number of fused-ring (bicyclic) bond motifs is 1. The minimum Gasteiger partial charge on any atom is -0.309 e. The van der Waals surface area contributed by atoms with E-state index in [1.54, 1.807) is 0 Å². The highest BCUT2D eigenvalue weighted by molar-refractivity contribution is 7.20. The Morgan fingerprint density at radius 2 is 2.18 bits per heavy atom. The van der Waals surface area contributed by atoms with Crippen LogP contribution < -0.4 is 5.32 Å². The van der Waals surface area contributed by atoms with Crippen molar-refractivity contribution in [2.24, 2.45) is 0 Å². The fourth-order valence-electron chi connectivity index (χ4n) is 2.09. The SMILES string of the molecule is CCCNC(C)c1sc2c(Cl)cccc2c1C. The molecule has 17 heavy (non-hydrogen) atoms. The van der Waals surface area contributed by atoms with Gasteiger partial charge in [0, 0.05) is 10.9 Å². The molecule has 0 spiro atoms. The summed E-state index contributed by atoms with van der Waals surface area (Å²) in [5, 5.41) is 5.70. The summed E-state index contributed by atoms with van der Waals surface area (Å²) >= 11 is 8.06. The Morgan fingerprint density at radius 1 is 1.41 bits per heavy atom. The summed E-state index contributed by atoms with van der Waals surface area (Å²) in [6.45, 7) is 7.66. The zero-order chi connectivity index (χ0) is 12.4. The summed E-state index contributed by atoms with van der Waals surface area (Å²) in [4.78, 5) is 1.40. The number of aryl methyl sites for hydroxylation is 1. The molecule has 0 radical (unpaired) electrons. The van der Waals surface area contributed by atoms with Crippen molar-refractivity contribution < 1.29 is 0 Å². The lowest BCUT2D eigenvalue weighted by molar-refractivity contribution is 0.576. The standard InChI is InChI=1S/C14H18ClNS/c1-4-8-16-10(3)13-9(2)11-6-5-7-12(15)14(11)17-13/h5-7,10,16H,4,8H2,1-3H3. The number of benzene rings is 1. The van der Waals surface area contributed by atoms with Gasteiger partial charge in [0.1, 0.15) is 0 Å². The number of rotatable bonds is 4. The third-order valence-electron chi connectivity index (χ3n) is 3.05. The van der Waals surface area contributed by atoms with Gasteiger partial charge in [0.15, 0.2) is 0 Å². The van der Waals surface area contributed by atoms with Gasteiger partial charge in [0.25, 0.3) is 0 Å². The lowest BCUT2D eigenvalue weighted by atomic mass is 10.1. The molecule has 0 bridgehead atoms. The fraction of sp³-hybridized carbons (Fsp3) is 0.429. The van der Waals surface area contributed by atoms with Gasteiger partial charge in [-0.05, 0) is 43.8 Å². The molecule has 0 aliphatic rings. The maximum Gasteiger partial charge on any atom is 0.0584 e. The van der Waals surface area contributed by atoms with Crippen LogP contribution in [0.4, 0.5) is 0 Å². The molecular formula is C14H18ClNS. The molecule has 2 aromatic rings. The minimum absolute atomic E-state index is 0.406. The van der Waals surface area contributed by atoms with Crippen LogP contribution in [0.3, 0.4) is 0 Å². The molecule has 1 aromatic heterocycles. The lowest BCUT2D eigenvalue weighted by Crippen LogP contribution is -2.18. The summed E-state index contributed by atoms with van der Waals surface area (Å²) < 4.78 is 1.21. The van der Waals surface area contributed by atoms with E-state index in [4.69, 9.17) is 11.6 Å². The lowest BCUT2D eigenvalue weighted by Gasteiger charge is -2.12. The molecule has 92 valence electrons. The van der Waals surface area contributed by atoms with Crippen molar-refractivity contribution in [2.75, 3.05) is 6.54 Å². The Balaban J connectivity index is 2.41. The molecule has 1 aromatic carbocycles. The normalized spacial score (nSPS) is 13.2. The van der Waals surface area contributed by atoms with E-state index in [1.807, 2.05) is 23.5 Å². The third-order valence-corrected chi connectivity index (χ3v) is 5.00. The van der Waals surface area contributed by atoms with Crippen LogP contribution in [0.2, 0.25) is 5.02 Å². The quantitative estimate of drug-likeness (QED) is 0.829. The van der Waals surface area contributed by atoms with Crippen molar-refractivity contribution in [1.82, 2.24) is 5.32 Å². The molecule has 0 saturated carbocycles. The predicted octanol–water partition coefficient (Wildman–Crippen LogP) is 4.92. The van der Waals surface area contributed by atoms with Crippen molar-refractivity contribution in [1.29, 1.82) is 0 Å². The molecule has 0 saturated heterocycles. The van der Waals surface area contributed by atoms with Gasteiger partial charge in [-0.25, -0.2) is 0 Å². The highest BCUT2D eigenvalue weighted by Gasteiger charge is 2.15. The smallest absolute Gasteiger partial charge is 0.0584 e. The van der Waals surface area contributed by atoms with Crippen LogP contribution in [0.5, 0.6) is 0 Å². The molecule has 1 heterocycles. The molecule has 1 N–H and O–H groups in total. The summed E-state index contributed by atoms with van der Waals surface area (Å²) in [5.41, 5.74) is 1.36. The van der Waals surface area contributed by atoms with E-state index in [-0.39, 0.29) is 0 Å². The second kappa shape index (κ2) is 5.38. The molecule has 0 amide bonds. The summed E-state index contributed by atoms with van der Waals surface area (Å²) in [6.07, 6.45) is 1.16. The fourth-order valence-corrected chi connectivity index (χ4v) is 3.62. The van der Waals surface area contributed by atoms with Crippen LogP contribution >= 0.6 is 22.9 Å². The Morgan fingerprint density at radius 3 is 2.82 bits per heavy atom. The maximum absolute atomic E-state index is 6.24. The van der Waals surface area contributed by atoms with Crippen molar-refractivity contribution in [3.05, 3.63) is 33.7 Å². The van der Waals surface area contributed by atoms with E-state index in [2.05, 4.69) is 32.2 Å². The molecule has 1 atom stereocenters. The van der Waals surface area contributed by atoms with Gasteiger partial charge in [-0.1, -0.05) is 30.7 Å². The second-order valence-electron chi connectivity index (χ2n) is 4.38. The maximum atomic E-state index is 6.24. The molecule has 0 aliphatic carbocycles. The predicted molar refractivity (Wildman–Crippen MR) is 78.3 cm³/mol. The molecule has 2 rings (SSSR count). The highest BCUT2D eigenvalue weighted by atomic mass is 35.5. The minimum atomic E-state index is 0.406. The average Bonchev–Trinajstić information content (AvgIpc) is 2.66. The van der Waals surface area contributed by atoms with Crippen LogP contribution in [0.25, 0.3) is 10.1 Å². The monoisotopic (exact) mass is 267 g/mol. The van der Waals surface area contributed by atoms with Gasteiger partial charge in [-0.2, -0.15) is 0 Å². The van der Waals surface area contributed by atoms with E-state index in [0.29, 0.717) is 6.04 Å². The van der Waals surface area contributed by atoms with Crippen LogP contribution in [-0.2, 0) is 0 Å². The van der Waals surface area contributed by atoms with Gasteiger partial charge >= 0.3 is 0 Å². The number of hydrogen-bond acceptors (Lipinski definition) is 2. The van der Waals surface area contributed by atoms with Crippen molar-refractivity contribution in [3.8, 4) is 0 Å². The summed E-state index contributed by atoms with van der Waals surface area (Å²) in [7, 11) is 0. The van der Waals surface area contributed by atoms with Crippen LogP contribution in [0.15, 0.2) is 18.2 Å². The molecule has 0 aliphatic heterocycles. The first-order valence-electron chi connectivity index (χ1n) is 6.06. The van der Waals surface area contributed by atoms with Gasteiger partial charge in [0.05, 0.1) is 9.72 Å². The van der Waals surface area contributed by atoms with Crippen molar-refractivity contribution in [3.63, 3.8) is 0 Å². The Kier molecular flexibility index (Phi) is 4.08. The van der Waals surface area contributed by atoms with Crippen molar-refractivity contribution in [2.45, 2.75) is 33.2 Å². The topological polar surface area (TPSA) is 12.0 Å². The second-order valence-corrected chi connectivity index (χ2v) is 5.84. The highest BCUT2D eigenvalue weighted by Crippen LogP contribution is 2.38. The van der Waals surface area contributed by atoms with Crippen LogP contribution in [0.1, 0.15) is 36.8 Å².